The van der Waals surface area contributed by atoms with Crippen LogP contribution in [0.2, 0.25) is 0 Å². The molecule has 0 unspecified atom stereocenters. The molecule has 1 aromatic carbocycles. The fourth-order valence-corrected chi connectivity index (χ4v) is 3.48. The number of fused-ring (bicyclic) bond motifs is 1. The minimum atomic E-state index is 0.612. The van der Waals surface area contributed by atoms with Gasteiger partial charge in [-0.25, -0.2) is 4.98 Å². The van der Waals surface area contributed by atoms with E-state index in [9.17, 15) is 0 Å². The Morgan fingerprint density at radius 3 is 2.90 bits per heavy atom. The predicted octanol–water partition coefficient (Wildman–Crippen LogP) is 4.43. The van der Waals surface area contributed by atoms with E-state index in [1.54, 1.807) is 11.3 Å². The Kier molecular flexibility index (Phi) is 4.08. The van der Waals surface area contributed by atoms with E-state index in [1.165, 1.54) is 16.6 Å². The summed E-state index contributed by atoms with van der Waals surface area (Å²) in [5, 5.41) is 4.35. The van der Waals surface area contributed by atoms with Crippen LogP contribution in [0.5, 0.6) is 0 Å². The van der Waals surface area contributed by atoms with Gasteiger partial charge in [-0.1, -0.05) is 12.1 Å². The topological polar surface area (TPSA) is 17.8 Å². The smallest absolute Gasteiger partial charge is 0.111 e. The molecule has 0 spiro atoms. The van der Waals surface area contributed by atoms with E-state index in [2.05, 4.69) is 46.5 Å². The maximum absolute atomic E-state index is 5.92. The summed E-state index contributed by atoms with van der Waals surface area (Å²) in [6, 6.07) is 8.49. The number of alkyl halides is 1. The molecule has 0 fully saturated rings. The Hall–Kier alpha value is -1.32. The largest absolute Gasteiger partial charge is 0.327 e. The van der Waals surface area contributed by atoms with Crippen molar-refractivity contribution in [1.82, 2.24) is 9.55 Å². The average molecular weight is 305 g/mol. The first-order valence-electron chi connectivity index (χ1n) is 6.81. The van der Waals surface area contributed by atoms with Crippen LogP contribution in [0.3, 0.4) is 0 Å². The first-order chi connectivity index (χ1) is 9.79. The molecule has 0 bridgehead atoms. The van der Waals surface area contributed by atoms with Gasteiger partial charge in [-0.15, -0.1) is 11.6 Å². The van der Waals surface area contributed by atoms with Crippen LogP contribution < -0.4 is 0 Å². The fourth-order valence-electron chi connectivity index (χ4n) is 2.61. The number of thiophene rings is 1. The molecule has 20 heavy (non-hydrogen) atoms. The third-order valence-corrected chi connectivity index (χ3v) is 4.49. The predicted molar refractivity (Wildman–Crippen MR) is 86.9 cm³/mol. The monoisotopic (exact) mass is 304 g/mol. The molecule has 0 radical (unpaired) electrons. The van der Waals surface area contributed by atoms with E-state index in [-0.39, 0.29) is 0 Å². The molecular weight excluding hydrogens is 288 g/mol. The summed E-state index contributed by atoms with van der Waals surface area (Å²) in [6.07, 6.45) is 1.86. The van der Waals surface area contributed by atoms with E-state index in [1.807, 2.05) is 0 Å². The average Bonchev–Trinajstić information content (AvgIpc) is 3.05. The van der Waals surface area contributed by atoms with Gasteiger partial charge in [-0.05, 0) is 47.4 Å². The molecule has 0 aliphatic carbocycles. The van der Waals surface area contributed by atoms with Crippen LogP contribution in [-0.4, -0.2) is 15.4 Å². The Bertz CT molecular complexity index is 701. The van der Waals surface area contributed by atoms with E-state index < -0.39 is 0 Å². The molecule has 3 aromatic rings. The lowest BCUT2D eigenvalue weighted by Gasteiger charge is -2.09. The lowest BCUT2D eigenvalue weighted by Crippen LogP contribution is -2.07. The molecule has 2 aromatic heterocycles. The van der Waals surface area contributed by atoms with Gasteiger partial charge in [-0.3, -0.25) is 0 Å². The number of benzene rings is 1. The van der Waals surface area contributed by atoms with Gasteiger partial charge in [0.25, 0.3) is 0 Å². The number of imidazole rings is 1. The first-order valence-corrected chi connectivity index (χ1v) is 8.29. The zero-order chi connectivity index (χ0) is 13.9. The van der Waals surface area contributed by atoms with E-state index in [4.69, 9.17) is 16.6 Å². The van der Waals surface area contributed by atoms with Crippen LogP contribution in [0.4, 0.5) is 0 Å². The van der Waals surface area contributed by atoms with Crippen LogP contribution in [-0.2, 0) is 19.4 Å². The minimum absolute atomic E-state index is 0.612. The van der Waals surface area contributed by atoms with Gasteiger partial charge < -0.3 is 4.57 Å². The van der Waals surface area contributed by atoms with E-state index >= 15 is 0 Å². The molecule has 0 aliphatic rings. The lowest BCUT2D eigenvalue weighted by molar-refractivity contribution is 0.675. The molecule has 3 rings (SSSR count). The molecule has 2 heterocycles. The number of rotatable bonds is 5. The van der Waals surface area contributed by atoms with Crippen LogP contribution in [0.15, 0.2) is 35.0 Å². The number of para-hydroxylation sites is 1. The summed E-state index contributed by atoms with van der Waals surface area (Å²) in [4.78, 5) is 4.74. The summed E-state index contributed by atoms with van der Waals surface area (Å²) in [5.41, 5.74) is 5.00. The third kappa shape index (κ3) is 2.60. The molecule has 0 saturated heterocycles. The maximum atomic E-state index is 5.92. The zero-order valence-corrected chi connectivity index (χ0v) is 13.0. The summed E-state index contributed by atoms with van der Waals surface area (Å²) in [7, 11) is 0. The van der Waals surface area contributed by atoms with Crippen molar-refractivity contribution in [1.29, 1.82) is 0 Å². The highest BCUT2D eigenvalue weighted by atomic mass is 35.5. The Morgan fingerprint density at radius 2 is 2.15 bits per heavy atom. The molecular formula is C16H17ClN2S. The van der Waals surface area contributed by atoms with Crippen molar-refractivity contribution in [3.8, 4) is 0 Å². The molecule has 4 heteroatoms. The SMILES string of the molecule is Cc1cccc2nc(CCCl)n(CCc3ccsc3)c12. The standard InChI is InChI=1S/C16H17ClN2S/c1-12-3-2-4-14-16(12)19(15(18-14)5-8-17)9-6-13-7-10-20-11-13/h2-4,7,10-11H,5-6,8-9H2,1H3. The van der Waals surface area contributed by atoms with Crippen molar-refractivity contribution in [2.45, 2.75) is 26.3 Å². The highest BCUT2D eigenvalue weighted by Crippen LogP contribution is 2.21. The molecule has 0 saturated carbocycles. The van der Waals surface area contributed by atoms with Gasteiger partial charge in [0, 0.05) is 18.8 Å². The van der Waals surface area contributed by atoms with Gasteiger partial charge >= 0.3 is 0 Å². The Balaban J connectivity index is 1.99. The number of nitrogens with zero attached hydrogens (tertiary/aromatic N) is 2. The van der Waals surface area contributed by atoms with Crippen molar-refractivity contribution in [3.05, 3.63) is 52.0 Å². The molecule has 104 valence electrons. The van der Waals surface area contributed by atoms with Gasteiger partial charge in [0.2, 0.25) is 0 Å². The number of hydrogen-bond acceptors (Lipinski definition) is 2. The molecule has 0 N–H and O–H groups in total. The zero-order valence-electron chi connectivity index (χ0n) is 11.5. The van der Waals surface area contributed by atoms with Crippen LogP contribution >= 0.6 is 22.9 Å². The molecule has 0 atom stereocenters. The van der Waals surface area contributed by atoms with Crippen molar-refractivity contribution in [2.75, 3.05) is 5.88 Å². The maximum Gasteiger partial charge on any atom is 0.111 e. The Labute approximate surface area is 128 Å². The summed E-state index contributed by atoms with van der Waals surface area (Å²) < 4.78 is 2.34. The normalized spacial score (nSPS) is 11.3. The molecule has 2 nitrogen and oxygen atoms in total. The quantitative estimate of drug-likeness (QED) is 0.638. The molecule has 0 amide bonds. The first kappa shape index (κ1) is 13.7. The second kappa shape index (κ2) is 5.98. The van der Waals surface area contributed by atoms with E-state index in [0.717, 1.165) is 30.7 Å². The van der Waals surface area contributed by atoms with Crippen molar-refractivity contribution in [2.24, 2.45) is 0 Å². The fraction of sp³-hybridized carbons (Fsp3) is 0.312. The van der Waals surface area contributed by atoms with Crippen molar-refractivity contribution < 1.29 is 0 Å². The number of halogens is 1. The number of aromatic nitrogens is 2. The highest BCUT2D eigenvalue weighted by Gasteiger charge is 2.12. The van der Waals surface area contributed by atoms with Crippen LogP contribution in [0, 0.1) is 6.92 Å². The lowest BCUT2D eigenvalue weighted by atomic mass is 10.2. The molecule has 0 aliphatic heterocycles. The van der Waals surface area contributed by atoms with Gasteiger partial charge in [-0.2, -0.15) is 11.3 Å². The second-order valence-corrected chi connectivity index (χ2v) is 6.10. The number of aryl methyl sites for hydroxylation is 4. The number of hydrogen-bond donors (Lipinski definition) is 0. The van der Waals surface area contributed by atoms with Gasteiger partial charge in [0.1, 0.15) is 5.82 Å². The third-order valence-electron chi connectivity index (χ3n) is 3.57. The van der Waals surface area contributed by atoms with Crippen molar-refractivity contribution >= 4 is 34.0 Å². The van der Waals surface area contributed by atoms with Crippen LogP contribution in [0.1, 0.15) is 17.0 Å². The minimum Gasteiger partial charge on any atom is -0.327 e. The van der Waals surface area contributed by atoms with Gasteiger partial charge in [0.05, 0.1) is 11.0 Å². The van der Waals surface area contributed by atoms with E-state index in [0.29, 0.717) is 5.88 Å². The van der Waals surface area contributed by atoms with Crippen LogP contribution in [0.25, 0.3) is 11.0 Å². The Morgan fingerprint density at radius 1 is 1.25 bits per heavy atom. The summed E-state index contributed by atoms with van der Waals surface area (Å²) in [5.74, 6) is 1.71. The van der Waals surface area contributed by atoms with Crippen molar-refractivity contribution in [3.63, 3.8) is 0 Å². The second-order valence-electron chi connectivity index (χ2n) is 4.94. The van der Waals surface area contributed by atoms with Gasteiger partial charge in [0.15, 0.2) is 0 Å². The summed E-state index contributed by atoms with van der Waals surface area (Å²) in [6.45, 7) is 3.11. The summed E-state index contributed by atoms with van der Waals surface area (Å²) >= 11 is 7.68. The highest BCUT2D eigenvalue weighted by molar-refractivity contribution is 7.07.